The number of hydrogen-bond donors (Lipinski definition) is 4. The van der Waals surface area contributed by atoms with Crippen molar-refractivity contribution in [3.05, 3.63) is 46.5 Å². The molecule has 33 heavy (non-hydrogen) atoms. The van der Waals surface area contributed by atoms with Gasteiger partial charge in [0.15, 0.2) is 0 Å². The van der Waals surface area contributed by atoms with E-state index in [0.717, 1.165) is 11.3 Å². The normalized spacial score (nSPS) is 32.6. The zero-order chi connectivity index (χ0) is 23.4. The molecule has 3 aliphatic heterocycles. The maximum absolute atomic E-state index is 10.8. The van der Waals surface area contributed by atoms with Crippen LogP contribution in [-0.2, 0) is 9.47 Å². The Morgan fingerprint density at radius 3 is 2.24 bits per heavy atom. The van der Waals surface area contributed by atoms with Gasteiger partial charge in [-0.25, -0.2) is 0 Å². The summed E-state index contributed by atoms with van der Waals surface area (Å²) in [5.41, 5.74) is 2.58. The predicted molar refractivity (Wildman–Crippen MR) is 115 cm³/mol. The number of aliphatic hydroxyl groups is 3. The van der Waals surface area contributed by atoms with E-state index in [4.69, 9.17) is 23.7 Å². The Morgan fingerprint density at radius 2 is 1.61 bits per heavy atom. The van der Waals surface area contributed by atoms with Gasteiger partial charge in [-0.15, -0.1) is 0 Å². The Labute approximate surface area is 191 Å². The van der Waals surface area contributed by atoms with Gasteiger partial charge in [-0.1, -0.05) is 12.1 Å². The molecule has 3 heterocycles. The van der Waals surface area contributed by atoms with Crippen molar-refractivity contribution >= 4 is 0 Å². The van der Waals surface area contributed by atoms with Crippen LogP contribution in [0.3, 0.4) is 0 Å². The summed E-state index contributed by atoms with van der Waals surface area (Å²) in [5, 5.41) is 41.5. The van der Waals surface area contributed by atoms with Gasteiger partial charge in [0.1, 0.15) is 53.5 Å². The van der Waals surface area contributed by atoms with E-state index in [1.807, 2.05) is 24.3 Å². The molecule has 0 aliphatic carbocycles. The van der Waals surface area contributed by atoms with Crippen molar-refractivity contribution in [2.24, 2.45) is 0 Å². The molecule has 178 valence electrons. The summed E-state index contributed by atoms with van der Waals surface area (Å²) in [5.74, 6) is 1.57. The molecular weight excluding hydrogens is 432 g/mol. The number of phenols is 1. The van der Waals surface area contributed by atoms with Crippen molar-refractivity contribution in [3.63, 3.8) is 0 Å². The zero-order valence-corrected chi connectivity index (χ0v) is 18.6. The SMILES string of the molecule is COc1ccc(C2C[C@@H]3O[C@H]4C(Oc5c(C)c(O)c(C)c(c53)O2)O[C@H](CO)[C@@H](O)[C@@H]4O)cc1. The first-order valence-corrected chi connectivity index (χ1v) is 10.9. The molecule has 5 rings (SSSR count). The molecule has 0 radical (unpaired) electrons. The van der Waals surface area contributed by atoms with E-state index < -0.39 is 49.5 Å². The maximum atomic E-state index is 10.8. The molecule has 0 bridgehead atoms. The number of methoxy groups -OCH3 is 1. The fraction of sp³-hybridized carbons (Fsp3) is 0.500. The number of aromatic hydroxyl groups is 1. The molecule has 3 aliphatic rings. The Balaban J connectivity index is 1.59. The van der Waals surface area contributed by atoms with Crippen molar-refractivity contribution in [3.8, 4) is 23.0 Å². The lowest BCUT2D eigenvalue weighted by Crippen LogP contribution is -2.60. The summed E-state index contributed by atoms with van der Waals surface area (Å²) >= 11 is 0. The number of fused-ring (bicyclic) bond motifs is 1. The van der Waals surface area contributed by atoms with Crippen molar-refractivity contribution < 1.29 is 44.1 Å². The first kappa shape index (κ1) is 22.2. The summed E-state index contributed by atoms with van der Waals surface area (Å²) in [6.45, 7) is 3.00. The first-order valence-electron chi connectivity index (χ1n) is 10.9. The number of hydrogen-bond acceptors (Lipinski definition) is 9. The lowest BCUT2D eigenvalue weighted by molar-refractivity contribution is -0.292. The van der Waals surface area contributed by atoms with Crippen LogP contribution in [0, 0.1) is 13.8 Å². The van der Waals surface area contributed by atoms with Crippen LogP contribution in [0.5, 0.6) is 23.0 Å². The zero-order valence-electron chi connectivity index (χ0n) is 18.6. The monoisotopic (exact) mass is 460 g/mol. The minimum absolute atomic E-state index is 0.0337. The topological polar surface area (TPSA) is 127 Å². The van der Waals surface area contributed by atoms with Crippen LogP contribution in [0.15, 0.2) is 24.3 Å². The van der Waals surface area contributed by atoms with Crippen LogP contribution in [-0.4, -0.2) is 64.8 Å². The second-order valence-electron chi connectivity index (χ2n) is 8.70. The smallest absolute Gasteiger partial charge is 0.229 e. The van der Waals surface area contributed by atoms with Crippen molar-refractivity contribution in [1.29, 1.82) is 0 Å². The summed E-state index contributed by atoms with van der Waals surface area (Å²) in [6, 6.07) is 7.50. The largest absolute Gasteiger partial charge is 0.507 e. The number of rotatable bonds is 3. The average Bonchev–Trinajstić information content (AvgIpc) is 3.00. The van der Waals surface area contributed by atoms with Crippen LogP contribution in [0.4, 0.5) is 0 Å². The molecular formula is C24H28O9. The lowest BCUT2D eigenvalue weighted by Gasteiger charge is -2.41. The Kier molecular flexibility index (Phi) is 5.62. The number of ether oxygens (including phenoxy) is 5. The van der Waals surface area contributed by atoms with E-state index in [0.29, 0.717) is 34.6 Å². The van der Waals surface area contributed by atoms with Crippen molar-refractivity contribution in [2.45, 2.75) is 63.2 Å². The third-order valence-electron chi connectivity index (χ3n) is 6.76. The molecule has 2 unspecified atom stereocenters. The van der Waals surface area contributed by atoms with Gasteiger partial charge in [0.2, 0.25) is 6.29 Å². The number of phenolic OH excluding ortho intramolecular Hbond substituents is 1. The van der Waals surface area contributed by atoms with E-state index in [9.17, 15) is 20.4 Å². The standard InChI is InChI=1S/C24H28O9/c1-10-18(26)11(2)22-17-15(31-23-20(28)19(27)16(9-25)32-24(23)33-22)8-14(30-21(10)17)12-4-6-13(29-3)7-5-12/h4-7,14-16,19-20,23-28H,8-9H2,1-3H3/t14?,15-,16+,19+,20-,23+,24?/m0/s1. The van der Waals surface area contributed by atoms with Gasteiger partial charge in [-0.3, -0.25) is 0 Å². The predicted octanol–water partition coefficient (Wildman–Crippen LogP) is 1.80. The van der Waals surface area contributed by atoms with Gasteiger partial charge >= 0.3 is 0 Å². The highest BCUT2D eigenvalue weighted by molar-refractivity contribution is 5.63. The van der Waals surface area contributed by atoms with E-state index in [-0.39, 0.29) is 5.75 Å². The quantitative estimate of drug-likeness (QED) is 0.542. The van der Waals surface area contributed by atoms with E-state index in [1.165, 1.54) is 0 Å². The lowest BCUT2D eigenvalue weighted by atomic mass is 9.90. The molecule has 0 spiro atoms. The van der Waals surface area contributed by atoms with E-state index in [1.54, 1.807) is 21.0 Å². The van der Waals surface area contributed by atoms with Gasteiger partial charge in [0.25, 0.3) is 0 Å². The third-order valence-corrected chi connectivity index (χ3v) is 6.76. The second kappa shape index (κ2) is 8.34. The fourth-order valence-electron chi connectivity index (χ4n) is 4.85. The molecule has 0 aromatic heterocycles. The molecule has 7 atom stereocenters. The highest BCUT2D eigenvalue weighted by atomic mass is 16.7. The van der Waals surface area contributed by atoms with Crippen molar-refractivity contribution in [1.82, 2.24) is 0 Å². The second-order valence-corrected chi connectivity index (χ2v) is 8.70. The maximum Gasteiger partial charge on any atom is 0.229 e. The molecule has 0 saturated carbocycles. The summed E-state index contributed by atoms with van der Waals surface area (Å²) in [6.07, 6.45) is -6.34. The Morgan fingerprint density at radius 1 is 0.939 bits per heavy atom. The van der Waals surface area contributed by atoms with Gasteiger partial charge < -0.3 is 44.1 Å². The van der Waals surface area contributed by atoms with Crippen LogP contribution in [0.25, 0.3) is 0 Å². The van der Waals surface area contributed by atoms with E-state index in [2.05, 4.69) is 0 Å². The molecule has 1 saturated heterocycles. The molecule has 9 heteroatoms. The van der Waals surface area contributed by atoms with Crippen LogP contribution in [0.2, 0.25) is 0 Å². The van der Waals surface area contributed by atoms with Gasteiger partial charge in [0.05, 0.1) is 25.4 Å². The molecule has 4 N–H and O–H groups in total. The highest BCUT2D eigenvalue weighted by Crippen LogP contribution is 2.55. The minimum Gasteiger partial charge on any atom is -0.507 e. The van der Waals surface area contributed by atoms with Crippen LogP contribution in [0.1, 0.15) is 40.9 Å². The number of benzene rings is 2. The minimum atomic E-state index is -1.34. The molecule has 9 nitrogen and oxygen atoms in total. The Hall–Kier alpha value is -2.56. The summed E-state index contributed by atoms with van der Waals surface area (Å²) < 4.78 is 29.8. The molecule has 1 fully saturated rings. The highest BCUT2D eigenvalue weighted by Gasteiger charge is 2.51. The Bertz CT molecular complexity index is 1040. The van der Waals surface area contributed by atoms with Crippen LogP contribution >= 0.6 is 0 Å². The first-order chi connectivity index (χ1) is 15.8. The third kappa shape index (κ3) is 3.51. The van der Waals surface area contributed by atoms with Crippen molar-refractivity contribution in [2.75, 3.05) is 13.7 Å². The average molecular weight is 460 g/mol. The van der Waals surface area contributed by atoms with Gasteiger partial charge in [-0.05, 0) is 31.5 Å². The summed E-state index contributed by atoms with van der Waals surface area (Å²) in [7, 11) is 1.60. The van der Waals surface area contributed by atoms with Gasteiger partial charge in [0, 0.05) is 17.5 Å². The summed E-state index contributed by atoms with van der Waals surface area (Å²) in [4.78, 5) is 0. The molecule has 2 aromatic carbocycles. The van der Waals surface area contributed by atoms with Gasteiger partial charge in [-0.2, -0.15) is 0 Å². The number of aliphatic hydroxyl groups excluding tert-OH is 3. The van der Waals surface area contributed by atoms with E-state index >= 15 is 0 Å². The fourth-order valence-corrected chi connectivity index (χ4v) is 4.85. The van der Waals surface area contributed by atoms with Crippen LogP contribution < -0.4 is 14.2 Å². The molecule has 0 amide bonds. The molecule has 2 aromatic rings.